The first kappa shape index (κ1) is 18.8. The molecule has 1 saturated heterocycles. The Labute approximate surface area is 162 Å². The number of imide groups is 1. The van der Waals surface area contributed by atoms with E-state index < -0.39 is 11.9 Å². The lowest BCUT2D eigenvalue weighted by Gasteiger charge is -2.09. The number of hydrogen-bond donors (Lipinski definition) is 2. The Morgan fingerprint density at radius 3 is 2.41 bits per heavy atom. The van der Waals surface area contributed by atoms with Crippen LogP contribution in [0, 0.1) is 6.92 Å². The Morgan fingerprint density at radius 1 is 1.00 bits per heavy atom. The summed E-state index contributed by atoms with van der Waals surface area (Å²) in [5.41, 5.74) is 1.94. The second-order valence-corrected chi connectivity index (χ2v) is 6.41. The van der Waals surface area contributed by atoms with Crippen LogP contribution >= 0.6 is 11.6 Å². The van der Waals surface area contributed by atoms with Gasteiger partial charge in [0.05, 0.1) is 13.2 Å². The zero-order chi connectivity index (χ0) is 19.2. The monoisotopic (exact) mass is 386 g/mol. The van der Waals surface area contributed by atoms with Crippen LogP contribution in [0.3, 0.4) is 0 Å². The summed E-state index contributed by atoms with van der Waals surface area (Å²) >= 11 is 5.99. The number of nitrogens with one attached hydrogen (secondary N) is 2. The van der Waals surface area contributed by atoms with Crippen LogP contribution in [0.1, 0.15) is 17.5 Å². The lowest BCUT2D eigenvalue weighted by Crippen LogP contribution is -2.22. The minimum absolute atomic E-state index is 0.212. The van der Waals surface area contributed by atoms with E-state index in [0.29, 0.717) is 25.4 Å². The van der Waals surface area contributed by atoms with Crippen LogP contribution in [-0.2, 0) is 4.79 Å². The van der Waals surface area contributed by atoms with Crippen molar-refractivity contribution in [2.45, 2.75) is 13.3 Å². The normalized spacial score (nSPS) is 14.8. The second kappa shape index (κ2) is 8.60. The maximum absolute atomic E-state index is 11.6. The maximum Gasteiger partial charge on any atom is 0.326 e. The second-order valence-electron chi connectivity index (χ2n) is 6.00. The van der Waals surface area contributed by atoms with Crippen molar-refractivity contribution in [1.29, 1.82) is 0 Å². The minimum atomic E-state index is -0.519. The molecule has 3 amide bonds. The topological polar surface area (TPSA) is 76.7 Å². The smallest absolute Gasteiger partial charge is 0.326 e. The van der Waals surface area contributed by atoms with Gasteiger partial charge in [0.15, 0.2) is 0 Å². The Hall–Kier alpha value is -2.99. The molecule has 0 bridgehead atoms. The van der Waals surface area contributed by atoms with Gasteiger partial charge in [0.25, 0.3) is 5.91 Å². The summed E-state index contributed by atoms with van der Waals surface area (Å²) in [6.45, 7) is 2.95. The molecule has 2 N–H and O–H groups in total. The van der Waals surface area contributed by atoms with Gasteiger partial charge in [-0.2, -0.15) is 0 Å². The van der Waals surface area contributed by atoms with Gasteiger partial charge in [0, 0.05) is 11.4 Å². The molecule has 140 valence electrons. The fourth-order valence-corrected chi connectivity index (χ4v) is 2.61. The summed E-state index contributed by atoms with van der Waals surface area (Å²) in [6, 6.07) is 12.3. The van der Waals surface area contributed by atoms with E-state index in [4.69, 9.17) is 21.1 Å². The van der Waals surface area contributed by atoms with E-state index in [2.05, 4.69) is 10.6 Å². The number of carbonyl (C=O) groups excluding carboxylic acids is 2. The quantitative estimate of drug-likeness (QED) is 0.432. The molecule has 0 atom stereocenters. The molecular formula is C20H19ClN2O4. The molecule has 1 aliphatic heterocycles. The number of carbonyl (C=O) groups is 2. The molecule has 1 fully saturated rings. The Balaban J connectivity index is 1.47. The third-order valence-corrected chi connectivity index (χ3v) is 4.27. The highest BCUT2D eigenvalue weighted by atomic mass is 35.5. The lowest BCUT2D eigenvalue weighted by atomic mass is 10.2. The molecule has 0 spiro atoms. The van der Waals surface area contributed by atoms with Crippen LogP contribution in [0.15, 0.2) is 48.2 Å². The first-order valence-corrected chi connectivity index (χ1v) is 8.85. The molecule has 1 heterocycles. The molecule has 0 aromatic heterocycles. The van der Waals surface area contributed by atoms with E-state index in [1.54, 1.807) is 12.1 Å². The SMILES string of the molecule is Cc1cc(OCCCOc2cccc(/C=C3\NC(=O)NC3=O)c2)ccc1Cl. The average Bonchev–Trinajstić information content (AvgIpc) is 2.95. The van der Waals surface area contributed by atoms with Crippen molar-refractivity contribution in [1.82, 2.24) is 10.6 Å². The number of urea groups is 1. The zero-order valence-electron chi connectivity index (χ0n) is 14.8. The first-order valence-electron chi connectivity index (χ1n) is 8.47. The predicted molar refractivity (Wildman–Crippen MR) is 103 cm³/mol. The third-order valence-electron chi connectivity index (χ3n) is 3.84. The van der Waals surface area contributed by atoms with E-state index in [0.717, 1.165) is 21.9 Å². The van der Waals surface area contributed by atoms with Crippen molar-refractivity contribution in [2.24, 2.45) is 0 Å². The Bertz CT molecular complexity index is 895. The minimum Gasteiger partial charge on any atom is -0.493 e. The summed E-state index contributed by atoms with van der Waals surface area (Å²) in [5, 5.41) is 5.33. The van der Waals surface area contributed by atoms with Crippen LogP contribution in [-0.4, -0.2) is 25.2 Å². The first-order chi connectivity index (χ1) is 13.0. The van der Waals surface area contributed by atoms with Crippen molar-refractivity contribution < 1.29 is 19.1 Å². The predicted octanol–water partition coefficient (Wildman–Crippen LogP) is 3.68. The van der Waals surface area contributed by atoms with Crippen LogP contribution < -0.4 is 20.1 Å². The van der Waals surface area contributed by atoms with Crippen molar-refractivity contribution in [3.63, 3.8) is 0 Å². The summed E-state index contributed by atoms with van der Waals surface area (Å²) in [7, 11) is 0. The van der Waals surface area contributed by atoms with Gasteiger partial charge in [0.2, 0.25) is 0 Å². The van der Waals surface area contributed by atoms with Gasteiger partial charge in [0.1, 0.15) is 17.2 Å². The molecule has 0 saturated carbocycles. The molecule has 7 heteroatoms. The van der Waals surface area contributed by atoms with E-state index in [1.165, 1.54) is 0 Å². The number of aryl methyl sites for hydroxylation is 1. The number of ether oxygens (including phenoxy) is 2. The van der Waals surface area contributed by atoms with Crippen molar-refractivity contribution in [3.8, 4) is 11.5 Å². The zero-order valence-corrected chi connectivity index (χ0v) is 15.5. The van der Waals surface area contributed by atoms with Gasteiger partial charge >= 0.3 is 6.03 Å². The number of rotatable bonds is 7. The standard InChI is InChI=1S/C20H19ClN2O4/c1-13-10-16(6-7-17(13)21)27-9-3-8-26-15-5-2-4-14(11-15)12-18-19(24)23-20(25)22-18/h2,4-7,10-12H,3,8-9H2,1H3,(H2,22,23,24,25)/b18-12-. The third kappa shape index (κ3) is 5.24. The fraction of sp³-hybridized carbons (Fsp3) is 0.200. The van der Waals surface area contributed by atoms with Crippen molar-refractivity contribution >= 4 is 29.6 Å². The summed E-state index contributed by atoms with van der Waals surface area (Å²) in [5.74, 6) is 1.01. The van der Waals surface area contributed by atoms with Crippen LogP contribution in [0.2, 0.25) is 5.02 Å². The summed E-state index contributed by atoms with van der Waals surface area (Å²) in [4.78, 5) is 22.7. The molecule has 27 heavy (non-hydrogen) atoms. The maximum atomic E-state index is 11.6. The number of halogens is 1. The van der Waals surface area contributed by atoms with E-state index in [-0.39, 0.29) is 5.70 Å². The van der Waals surface area contributed by atoms with Gasteiger partial charge in [-0.1, -0.05) is 23.7 Å². The summed E-state index contributed by atoms with van der Waals surface area (Å²) in [6.07, 6.45) is 2.31. The molecule has 2 aromatic rings. The van der Waals surface area contributed by atoms with Crippen LogP contribution in [0.25, 0.3) is 6.08 Å². The van der Waals surface area contributed by atoms with Gasteiger partial charge < -0.3 is 14.8 Å². The highest BCUT2D eigenvalue weighted by Crippen LogP contribution is 2.21. The van der Waals surface area contributed by atoms with E-state index in [1.807, 2.05) is 43.3 Å². The Morgan fingerprint density at radius 2 is 1.74 bits per heavy atom. The molecule has 6 nitrogen and oxygen atoms in total. The van der Waals surface area contributed by atoms with Gasteiger partial charge in [-0.3, -0.25) is 10.1 Å². The van der Waals surface area contributed by atoms with Crippen molar-refractivity contribution in [3.05, 3.63) is 64.3 Å². The number of amides is 3. The largest absolute Gasteiger partial charge is 0.493 e. The lowest BCUT2D eigenvalue weighted by molar-refractivity contribution is -0.115. The van der Waals surface area contributed by atoms with Gasteiger partial charge in [-0.15, -0.1) is 0 Å². The molecule has 3 rings (SSSR count). The van der Waals surface area contributed by atoms with Gasteiger partial charge in [-0.05, 0) is 54.5 Å². The molecule has 1 aliphatic rings. The van der Waals surface area contributed by atoms with Crippen molar-refractivity contribution in [2.75, 3.05) is 13.2 Å². The Kier molecular flexibility index (Phi) is 5.98. The fourth-order valence-electron chi connectivity index (χ4n) is 2.49. The highest BCUT2D eigenvalue weighted by molar-refractivity contribution is 6.31. The number of benzene rings is 2. The van der Waals surface area contributed by atoms with Crippen LogP contribution in [0.4, 0.5) is 4.79 Å². The molecular weight excluding hydrogens is 368 g/mol. The molecule has 0 unspecified atom stereocenters. The van der Waals surface area contributed by atoms with Gasteiger partial charge in [-0.25, -0.2) is 4.79 Å². The molecule has 2 aromatic carbocycles. The van der Waals surface area contributed by atoms with E-state index in [9.17, 15) is 9.59 Å². The van der Waals surface area contributed by atoms with Crippen LogP contribution in [0.5, 0.6) is 11.5 Å². The number of hydrogen-bond acceptors (Lipinski definition) is 4. The summed E-state index contributed by atoms with van der Waals surface area (Å²) < 4.78 is 11.4. The van der Waals surface area contributed by atoms with E-state index >= 15 is 0 Å². The molecule has 0 radical (unpaired) electrons. The highest BCUT2D eigenvalue weighted by Gasteiger charge is 2.22. The average molecular weight is 387 g/mol. The molecule has 0 aliphatic carbocycles.